The molecule has 13 heavy (non-hydrogen) atoms. The molecule has 0 aromatic heterocycles. The molecule has 0 radical (unpaired) electrons. The molecule has 0 aliphatic heterocycles. The van der Waals surface area contributed by atoms with Gasteiger partial charge in [0.2, 0.25) is 0 Å². The second-order valence-electron chi connectivity index (χ2n) is 2.54. The molecule has 1 atom stereocenters. The van der Waals surface area contributed by atoms with E-state index in [1.807, 2.05) is 0 Å². The van der Waals surface area contributed by atoms with E-state index in [9.17, 15) is 9.59 Å². The highest BCUT2D eigenvalue weighted by Crippen LogP contribution is 1.94. The molecule has 0 bridgehead atoms. The van der Waals surface area contributed by atoms with Crippen molar-refractivity contribution in [3.8, 4) is 0 Å². The first kappa shape index (κ1) is 11.8. The number of esters is 1. The van der Waals surface area contributed by atoms with Crippen LogP contribution in [0, 0.1) is 0 Å². The zero-order chi connectivity index (χ0) is 10.3. The second-order valence-corrected chi connectivity index (χ2v) is 2.54. The van der Waals surface area contributed by atoms with Gasteiger partial charge in [0.25, 0.3) is 0 Å². The van der Waals surface area contributed by atoms with Gasteiger partial charge < -0.3 is 9.47 Å². The molecule has 1 unspecified atom stereocenters. The zero-order valence-corrected chi connectivity index (χ0v) is 7.91. The molecule has 0 aromatic rings. The van der Waals surface area contributed by atoms with Gasteiger partial charge in [-0.2, -0.15) is 0 Å². The Bertz CT molecular complexity index is 198. The van der Waals surface area contributed by atoms with E-state index in [-0.39, 0.29) is 24.9 Å². The van der Waals surface area contributed by atoms with Crippen LogP contribution in [0.3, 0.4) is 0 Å². The van der Waals surface area contributed by atoms with Crippen LogP contribution in [-0.2, 0) is 19.1 Å². The largest absolute Gasteiger partial charge is 0.469 e. The van der Waals surface area contributed by atoms with Gasteiger partial charge in [0.05, 0.1) is 13.2 Å². The third-order valence-electron chi connectivity index (χ3n) is 1.41. The molecule has 0 N–H and O–H groups in total. The van der Waals surface area contributed by atoms with Gasteiger partial charge in [-0.25, -0.2) is 0 Å². The van der Waals surface area contributed by atoms with Crippen LogP contribution in [0.5, 0.6) is 0 Å². The van der Waals surface area contributed by atoms with Crippen molar-refractivity contribution in [2.24, 2.45) is 0 Å². The van der Waals surface area contributed by atoms with E-state index in [1.54, 1.807) is 13.0 Å². The highest BCUT2D eigenvalue weighted by atomic mass is 16.5. The Morgan fingerprint density at radius 3 is 2.62 bits per heavy atom. The first-order valence-electron chi connectivity index (χ1n) is 3.92. The highest BCUT2D eigenvalue weighted by Gasteiger charge is 2.10. The van der Waals surface area contributed by atoms with Crippen molar-refractivity contribution in [2.75, 3.05) is 13.7 Å². The fraction of sp³-hybridized carbons (Fsp3) is 0.556. The maximum absolute atomic E-state index is 11.0. The maximum Gasteiger partial charge on any atom is 0.313 e. The summed E-state index contributed by atoms with van der Waals surface area (Å²) >= 11 is 0. The minimum atomic E-state index is -0.542. The molecule has 0 fully saturated rings. The lowest BCUT2D eigenvalue weighted by Crippen LogP contribution is -2.17. The summed E-state index contributed by atoms with van der Waals surface area (Å²) in [5.74, 6) is -0.833. The van der Waals surface area contributed by atoms with Crippen LogP contribution >= 0.6 is 0 Å². The Morgan fingerprint density at radius 2 is 2.15 bits per heavy atom. The van der Waals surface area contributed by atoms with Crippen molar-refractivity contribution in [3.63, 3.8) is 0 Å². The maximum atomic E-state index is 11.0. The molecule has 0 amide bonds. The number of methoxy groups -OCH3 is 1. The molecular weight excluding hydrogens is 172 g/mol. The molecule has 0 aliphatic rings. The van der Waals surface area contributed by atoms with E-state index in [2.05, 4.69) is 11.3 Å². The molecule has 0 spiro atoms. The van der Waals surface area contributed by atoms with Gasteiger partial charge in [-0.05, 0) is 6.92 Å². The van der Waals surface area contributed by atoms with Crippen LogP contribution in [0.2, 0.25) is 0 Å². The van der Waals surface area contributed by atoms with Gasteiger partial charge in [-0.15, -0.1) is 6.58 Å². The fourth-order valence-corrected chi connectivity index (χ4v) is 0.577. The summed E-state index contributed by atoms with van der Waals surface area (Å²) < 4.78 is 9.34. The number of carbonyl (C=O) groups is 2. The number of hydrogen-bond donors (Lipinski definition) is 0. The SMILES string of the molecule is C=CC(C)OCC(=O)CC(=O)OC. The van der Waals surface area contributed by atoms with Crippen LogP contribution < -0.4 is 0 Å². The van der Waals surface area contributed by atoms with E-state index < -0.39 is 5.97 Å². The van der Waals surface area contributed by atoms with Crippen molar-refractivity contribution in [1.29, 1.82) is 0 Å². The average molecular weight is 186 g/mol. The van der Waals surface area contributed by atoms with Crippen molar-refractivity contribution in [2.45, 2.75) is 19.4 Å². The number of ether oxygens (including phenoxy) is 2. The van der Waals surface area contributed by atoms with Crippen molar-refractivity contribution in [1.82, 2.24) is 0 Å². The molecule has 4 heteroatoms. The molecular formula is C9H14O4. The van der Waals surface area contributed by atoms with E-state index in [0.717, 1.165) is 0 Å². The molecule has 0 aromatic carbocycles. The summed E-state index contributed by atoms with van der Waals surface area (Å²) in [5, 5.41) is 0. The van der Waals surface area contributed by atoms with Gasteiger partial charge in [0.1, 0.15) is 13.0 Å². The second kappa shape index (κ2) is 6.37. The minimum absolute atomic E-state index is 0.0811. The fourth-order valence-electron chi connectivity index (χ4n) is 0.577. The van der Waals surface area contributed by atoms with Crippen molar-refractivity contribution in [3.05, 3.63) is 12.7 Å². The van der Waals surface area contributed by atoms with E-state index in [4.69, 9.17) is 4.74 Å². The third kappa shape index (κ3) is 6.04. The van der Waals surface area contributed by atoms with Crippen LogP contribution in [0.1, 0.15) is 13.3 Å². The van der Waals surface area contributed by atoms with E-state index in [0.29, 0.717) is 0 Å². The van der Waals surface area contributed by atoms with Gasteiger partial charge in [-0.1, -0.05) is 6.08 Å². The molecule has 74 valence electrons. The topological polar surface area (TPSA) is 52.6 Å². The third-order valence-corrected chi connectivity index (χ3v) is 1.41. The number of ketones is 1. The smallest absolute Gasteiger partial charge is 0.313 e. The van der Waals surface area contributed by atoms with Gasteiger partial charge in [-0.3, -0.25) is 9.59 Å². The van der Waals surface area contributed by atoms with Crippen molar-refractivity contribution < 1.29 is 19.1 Å². The van der Waals surface area contributed by atoms with Crippen molar-refractivity contribution >= 4 is 11.8 Å². The molecule has 0 heterocycles. The lowest BCUT2D eigenvalue weighted by Gasteiger charge is -2.06. The molecule has 4 nitrogen and oxygen atoms in total. The van der Waals surface area contributed by atoms with Crippen LogP contribution in [-0.4, -0.2) is 31.6 Å². The van der Waals surface area contributed by atoms with Crippen LogP contribution in [0.25, 0.3) is 0 Å². The van der Waals surface area contributed by atoms with Gasteiger partial charge in [0, 0.05) is 0 Å². The normalized spacial score (nSPS) is 11.8. The minimum Gasteiger partial charge on any atom is -0.469 e. The molecule has 0 saturated heterocycles. The highest BCUT2D eigenvalue weighted by molar-refractivity contribution is 5.96. The first-order valence-corrected chi connectivity index (χ1v) is 3.92. The predicted molar refractivity (Wildman–Crippen MR) is 47.3 cm³/mol. The molecule has 0 aliphatic carbocycles. The summed E-state index contributed by atoms with van der Waals surface area (Å²) in [4.78, 5) is 21.6. The Balaban J connectivity index is 3.63. The Morgan fingerprint density at radius 1 is 1.54 bits per heavy atom. The lowest BCUT2D eigenvalue weighted by atomic mass is 10.3. The summed E-state index contributed by atoms with van der Waals surface area (Å²) in [6.45, 7) is 5.17. The van der Waals surface area contributed by atoms with Gasteiger partial charge in [0.15, 0.2) is 5.78 Å². The Kier molecular flexibility index (Phi) is 5.80. The number of hydrogen-bond acceptors (Lipinski definition) is 4. The number of carbonyl (C=O) groups excluding carboxylic acids is 2. The first-order chi connectivity index (χ1) is 6.10. The van der Waals surface area contributed by atoms with E-state index >= 15 is 0 Å². The quantitative estimate of drug-likeness (QED) is 0.348. The average Bonchev–Trinajstić information content (AvgIpc) is 2.13. The Hall–Kier alpha value is -1.16. The van der Waals surface area contributed by atoms with E-state index in [1.165, 1.54) is 7.11 Å². The Labute approximate surface area is 77.5 Å². The summed E-state index contributed by atoms with van der Waals surface area (Å²) in [7, 11) is 1.24. The van der Waals surface area contributed by atoms with Crippen LogP contribution in [0.15, 0.2) is 12.7 Å². The standard InChI is InChI=1S/C9H14O4/c1-4-7(2)13-6-8(10)5-9(11)12-3/h4,7H,1,5-6H2,2-3H3. The molecule has 0 rings (SSSR count). The summed E-state index contributed by atoms with van der Waals surface area (Å²) in [6, 6.07) is 0. The van der Waals surface area contributed by atoms with Gasteiger partial charge >= 0.3 is 5.97 Å². The zero-order valence-electron chi connectivity index (χ0n) is 7.91. The molecule has 0 saturated carbocycles. The van der Waals surface area contributed by atoms with Crippen LogP contribution in [0.4, 0.5) is 0 Å². The summed E-state index contributed by atoms with van der Waals surface area (Å²) in [6.07, 6.45) is 1.16. The number of Topliss-reactive ketones (excluding diaryl/α,β-unsaturated/α-hetero) is 1. The number of rotatable bonds is 6. The monoisotopic (exact) mass is 186 g/mol. The summed E-state index contributed by atoms with van der Waals surface area (Å²) in [5.41, 5.74) is 0. The predicted octanol–water partition coefficient (Wildman–Crippen LogP) is 0.710. The lowest BCUT2D eigenvalue weighted by molar-refractivity contribution is -0.144.